The molecule has 0 unspecified atom stereocenters. The molecule has 0 bridgehead atoms. The molecule has 4 N–H and O–H groups in total. The summed E-state index contributed by atoms with van der Waals surface area (Å²) in [4.78, 5) is 29.7. The summed E-state index contributed by atoms with van der Waals surface area (Å²) in [6.45, 7) is 2.61. The summed E-state index contributed by atoms with van der Waals surface area (Å²) in [6, 6.07) is 0. The van der Waals surface area contributed by atoms with Crippen LogP contribution in [0.3, 0.4) is 0 Å². The monoisotopic (exact) mass is 279 g/mol. The minimum Gasteiger partial charge on any atom is -0.383 e. The molecule has 0 fully saturated rings. The van der Waals surface area contributed by atoms with Crippen LogP contribution >= 0.6 is 0 Å². The zero-order chi connectivity index (χ0) is 14.7. The third-order valence-corrected chi connectivity index (χ3v) is 2.76. The first-order valence-electron chi connectivity index (χ1n) is 6.24. The number of aryl methyl sites for hydroxylation is 1. The Balaban J connectivity index is 2.29. The van der Waals surface area contributed by atoms with Crippen molar-refractivity contribution in [2.75, 3.05) is 11.1 Å². The third kappa shape index (κ3) is 2.71. The molecule has 2 heterocycles. The lowest BCUT2D eigenvalue weighted by atomic mass is 10.4. The summed E-state index contributed by atoms with van der Waals surface area (Å²) in [5.74, 6) is 0.649. The van der Waals surface area contributed by atoms with E-state index in [1.807, 2.05) is 6.92 Å². The number of rotatable bonds is 5. The van der Waals surface area contributed by atoms with Crippen molar-refractivity contribution in [2.45, 2.75) is 26.4 Å². The lowest BCUT2D eigenvalue weighted by molar-refractivity contribution is 0.642. The van der Waals surface area contributed by atoms with Gasteiger partial charge in [-0.1, -0.05) is 6.92 Å². The molecule has 108 valence electrons. The van der Waals surface area contributed by atoms with Gasteiger partial charge in [-0.15, -0.1) is 0 Å². The number of aromatic amines is 1. The number of nitrogen functional groups attached to an aromatic ring is 1. The summed E-state index contributed by atoms with van der Waals surface area (Å²) in [6.07, 6.45) is 2.29. The minimum absolute atomic E-state index is 0.122. The summed E-state index contributed by atoms with van der Waals surface area (Å²) in [5, 5.41) is 6.95. The normalized spacial score (nSPS) is 10.7. The van der Waals surface area contributed by atoms with Crippen molar-refractivity contribution < 1.29 is 0 Å². The second-order valence-corrected chi connectivity index (χ2v) is 4.36. The Morgan fingerprint density at radius 2 is 2.20 bits per heavy atom. The number of hydrogen-bond acceptors (Lipinski definition) is 6. The van der Waals surface area contributed by atoms with Crippen LogP contribution in [0.2, 0.25) is 0 Å². The second kappa shape index (κ2) is 5.59. The molecule has 2 aromatic rings. The average molecular weight is 279 g/mol. The SMILES string of the molecule is CCCn1c(N)c(NCc2ncn(C)n2)c(=O)[nH]c1=O. The van der Waals surface area contributed by atoms with E-state index in [4.69, 9.17) is 5.73 Å². The number of anilines is 2. The number of nitrogens with zero attached hydrogens (tertiary/aromatic N) is 4. The van der Waals surface area contributed by atoms with Crippen LogP contribution in [0.5, 0.6) is 0 Å². The Morgan fingerprint density at radius 3 is 2.80 bits per heavy atom. The van der Waals surface area contributed by atoms with E-state index < -0.39 is 11.2 Å². The fourth-order valence-corrected chi connectivity index (χ4v) is 1.84. The molecule has 0 amide bonds. The topological polar surface area (TPSA) is 124 Å². The van der Waals surface area contributed by atoms with E-state index in [9.17, 15) is 9.59 Å². The van der Waals surface area contributed by atoms with Crippen LogP contribution < -0.4 is 22.3 Å². The molecule has 0 saturated carbocycles. The van der Waals surface area contributed by atoms with Gasteiger partial charge in [-0.25, -0.2) is 9.78 Å². The molecule has 0 aromatic carbocycles. The number of hydrogen-bond donors (Lipinski definition) is 3. The van der Waals surface area contributed by atoms with E-state index in [1.54, 1.807) is 18.1 Å². The molecule has 0 radical (unpaired) electrons. The molecule has 2 aromatic heterocycles. The first-order valence-corrected chi connectivity index (χ1v) is 6.24. The average Bonchev–Trinajstić information content (AvgIpc) is 2.80. The largest absolute Gasteiger partial charge is 0.383 e. The summed E-state index contributed by atoms with van der Waals surface area (Å²) < 4.78 is 2.89. The first-order chi connectivity index (χ1) is 9.52. The van der Waals surface area contributed by atoms with Crippen molar-refractivity contribution in [1.82, 2.24) is 24.3 Å². The van der Waals surface area contributed by atoms with Gasteiger partial charge in [-0.2, -0.15) is 5.10 Å². The molecule has 0 atom stereocenters. The molecule has 0 spiro atoms. The Hall–Kier alpha value is -2.58. The standard InChI is InChI=1S/C11H17N7O2/c1-3-4-18-9(12)8(10(19)15-11(18)20)13-5-7-14-6-17(2)16-7/h6,13H,3-5,12H2,1-2H3,(H,15,19,20). The van der Waals surface area contributed by atoms with Crippen LogP contribution in [0.4, 0.5) is 11.5 Å². The smallest absolute Gasteiger partial charge is 0.330 e. The molecular formula is C11H17N7O2. The molecule has 0 saturated heterocycles. The van der Waals surface area contributed by atoms with E-state index >= 15 is 0 Å². The Bertz CT molecular complexity index is 712. The van der Waals surface area contributed by atoms with Crippen molar-refractivity contribution in [3.63, 3.8) is 0 Å². The number of aromatic nitrogens is 5. The van der Waals surface area contributed by atoms with Crippen LogP contribution in [-0.4, -0.2) is 24.3 Å². The van der Waals surface area contributed by atoms with Gasteiger partial charge in [0, 0.05) is 13.6 Å². The Labute approximate surface area is 114 Å². The highest BCUT2D eigenvalue weighted by atomic mass is 16.2. The lowest BCUT2D eigenvalue weighted by Crippen LogP contribution is -2.34. The quantitative estimate of drug-likeness (QED) is 0.663. The Morgan fingerprint density at radius 1 is 1.45 bits per heavy atom. The highest BCUT2D eigenvalue weighted by Gasteiger charge is 2.12. The lowest BCUT2D eigenvalue weighted by Gasteiger charge is -2.12. The second-order valence-electron chi connectivity index (χ2n) is 4.36. The summed E-state index contributed by atoms with van der Waals surface area (Å²) in [5.41, 5.74) is 4.98. The molecule has 0 aliphatic heterocycles. The van der Waals surface area contributed by atoms with Gasteiger partial charge in [0.2, 0.25) is 0 Å². The van der Waals surface area contributed by atoms with E-state index in [0.717, 1.165) is 6.42 Å². The van der Waals surface area contributed by atoms with Crippen molar-refractivity contribution in [2.24, 2.45) is 7.05 Å². The minimum atomic E-state index is -0.546. The van der Waals surface area contributed by atoms with Crippen LogP contribution in [0.15, 0.2) is 15.9 Å². The maximum absolute atomic E-state index is 11.8. The summed E-state index contributed by atoms with van der Waals surface area (Å²) in [7, 11) is 1.75. The fraction of sp³-hybridized carbons (Fsp3) is 0.455. The van der Waals surface area contributed by atoms with Gasteiger partial charge in [-0.3, -0.25) is 19.0 Å². The number of H-pyrrole nitrogens is 1. The van der Waals surface area contributed by atoms with Gasteiger partial charge in [-0.05, 0) is 6.42 Å². The van der Waals surface area contributed by atoms with E-state index in [2.05, 4.69) is 20.4 Å². The van der Waals surface area contributed by atoms with E-state index in [0.29, 0.717) is 12.4 Å². The summed E-state index contributed by atoms with van der Waals surface area (Å²) >= 11 is 0. The predicted octanol–water partition coefficient (Wildman–Crippen LogP) is -0.731. The third-order valence-electron chi connectivity index (χ3n) is 2.76. The zero-order valence-electron chi connectivity index (χ0n) is 11.4. The predicted molar refractivity (Wildman–Crippen MR) is 74.4 cm³/mol. The number of nitrogens with two attached hydrogens (primary N) is 1. The van der Waals surface area contributed by atoms with Gasteiger partial charge >= 0.3 is 5.69 Å². The first kappa shape index (κ1) is 13.8. The van der Waals surface area contributed by atoms with Crippen molar-refractivity contribution in [1.29, 1.82) is 0 Å². The molecule has 9 nitrogen and oxygen atoms in total. The number of nitrogens with one attached hydrogen (secondary N) is 2. The molecule has 0 aliphatic rings. The van der Waals surface area contributed by atoms with Crippen molar-refractivity contribution in [3.05, 3.63) is 33.0 Å². The maximum Gasteiger partial charge on any atom is 0.330 e. The zero-order valence-corrected chi connectivity index (χ0v) is 11.4. The van der Waals surface area contributed by atoms with Gasteiger partial charge < -0.3 is 11.1 Å². The van der Waals surface area contributed by atoms with Crippen molar-refractivity contribution >= 4 is 11.5 Å². The Kier molecular flexibility index (Phi) is 3.87. The molecular weight excluding hydrogens is 262 g/mol. The van der Waals surface area contributed by atoms with Gasteiger partial charge in [0.1, 0.15) is 17.8 Å². The van der Waals surface area contributed by atoms with Gasteiger partial charge in [0.15, 0.2) is 5.82 Å². The van der Waals surface area contributed by atoms with E-state index in [1.165, 1.54) is 4.57 Å². The van der Waals surface area contributed by atoms with Crippen LogP contribution in [0.1, 0.15) is 19.2 Å². The highest BCUT2D eigenvalue weighted by molar-refractivity contribution is 5.60. The molecule has 9 heteroatoms. The van der Waals surface area contributed by atoms with Crippen LogP contribution in [-0.2, 0) is 20.1 Å². The van der Waals surface area contributed by atoms with Gasteiger partial charge in [0.25, 0.3) is 5.56 Å². The van der Waals surface area contributed by atoms with Crippen LogP contribution in [0, 0.1) is 0 Å². The highest BCUT2D eigenvalue weighted by Crippen LogP contribution is 2.11. The van der Waals surface area contributed by atoms with Gasteiger partial charge in [0.05, 0.1) is 6.54 Å². The molecule has 2 rings (SSSR count). The van der Waals surface area contributed by atoms with Crippen molar-refractivity contribution in [3.8, 4) is 0 Å². The molecule has 20 heavy (non-hydrogen) atoms. The fourth-order valence-electron chi connectivity index (χ4n) is 1.84. The molecule has 0 aliphatic carbocycles. The van der Waals surface area contributed by atoms with E-state index in [-0.39, 0.29) is 18.1 Å². The maximum atomic E-state index is 11.8. The van der Waals surface area contributed by atoms with Crippen LogP contribution in [0.25, 0.3) is 0 Å².